The molecular weight excluding hydrogens is 526 g/mol. The van der Waals surface area contributed by atoms with Gasteiger partial charge in [0, 0.05) is 17.5 Å². The van der Waals surface area contributed by atoms with Crippen LogP contribution in [-0.4, -0.2) is 42.9 Å². The van der Waals surface area contributed by atoms with Gasteiger partial charge in [0.25, 0.3) is 11.8 Å². The standard InChI is InChI=1S/C27H27N5O4S.ClH/c1-2-37(35,36)31(22-9-4-3-5-10-22)18-25(33)32-23-11-7-6-8-21(23)16-24(32)27(34)30-17-19-12-14-20(15-13-19)26(28)29;/h3-16H,2,17-18H2,1H3,(H3,28,29)(H,30,34);1H. The van der Waals surface area contributed by atoms with E-state index in [1.807, 2.05) is 0 Å². The Labute approximate surface area is 227 Å². The second kappa shape index (κ2) is 11.9. The third kappa shape index (κ3) is 6.04. The summed E-state index contributed by atoms with van der Waals surface area (Å²) in [5.74, 6) is -1.27. The van der Waals surface area contributed by atoms with E-state index >= 15 is 0 Å². The number of benzene rings is 3. The molecule has 0 aliphatic heterocycles. The largest absolute Gasteiger partial charge is 0.384 e. The van der Waals surface area contributed by atoms with E-state index in [9.17, 15) is 18.0 Å². The predicted octanol–water partition coefficient (Wildman–Crippen LogP) is 3.77. The number of nitrogens with zero attached hydrogens (tertiary/aromatic N) is 2. The van der Waals surface area contributed by atoms with Gasteiger partial charge in [-0.3, -0.25) is 23.9 Å². The van der Waals surface area contributed by atoms with Crippen molar-refractivity contribution >= 4 is 56.7 Å². The molecule has 0 unspecified atom stereocenters. The maximum absolute atomic E-state index is 13.6. The molecule has 4 rings (SSSR count). The number of hydrogen-bond donors (Lipinski definition) is 3. The molecule has 198 valence electrons. The second-order valence-corrected chi connectivity index (χ2v) is 10.5. The summed E-state index contributed by atoms with van der Waals surface area (Å²) in [7, 11) is -3.77. The van der Waals surface area contributed by atoms with Crippen molar-refractivity contribution in [3.63, 3.8) is 0 Å². The molecule has 0 radical (unpaired) electrons. The summed E-state index contributed by atoms with van der Waals surface area (Å²) in [5.41, 5.74) is 7.83. The minimum Gasteiger partial charge on any atom is -0.384 e. The number of sulfonamides is 1. The lowest BCUT2D eigenvalue weighted by Crippen LogP contribution is -2.39. The zero-order valence-electron chi connectivity index (χ0n) is 20.6. The Morgan fingerprint density at radius 1 is 0.974 bits per heavy atom. The van der Waals surface area contributed by atoms with Crippen molar-refractivity contribution in [3.05, 3.63) is 102 Å². The maximum Gasteiger partial charge on any atom is 0.268 e. The van der Waals surface area contributed by atoms with E-state index in [2.05, 4.69) is 5.32 Å². The van der Waals surface area contributed by atoms with Gasteiger partial charge in [0.05, 0.1) is 17.0 Å². The first kappa shape index (κ1) is 28.4. The molecule has 0 atom stereocenters. The quantitative estimate of drug-likeness (QED) is 0.214. The number of hydrogen-bond acceptors (Lipinski definition) is 5. The van der Waals surface area contributed by atoms with Crippen LogP contribution in [0.2, 0.25) is 0 Å². The monoisotopic (exact) mass is 553 g/mol. The van der Waals surface area contributed by atoms with Crippen LogP contribution < -0.4 is 15.4 Å². The summed E-state index contributed by atoms with van der Waals surface area (Å²) in [4.78, 5) is 26.8. The van der Waals surface area contributed by atoms with Gasteiger partial charge in [0.1, 0.15) is 18.1 Å². The average Bonchev–Trinajstić information content (AvgIpc) is 3.31. The summed E-state index contributed by atoms with van der Waals surface area (Å²) in [6, 6.07) is 24.0. The molecule has 38 heavy (non-hydrogen) atoms. The minimum atomic E-state index is -3.77. The highest BCUT2D eigenvalue weighted by atomic mass is 35.5. The van der Waals surface area contributed by atoms with Gasteiger partial charge in [0.15, 0.2) is 0 Å². The summed E-state index contributed by atoms with van der Waals surface area (Å²) in [6.07, 6.45) is 0. The van der Waals surface area contributed by atoms with Gasteiger partial charge in [-0.2, -0.15) is 0 Å². The molecule has 3 aromatic carbocycles. The lowest BCUT2D eigenvalue weighted by molar-refractivity contribution is 0.0884. The first-order valence-corrected chi connectivity index (χ1v) is 13.2. The highest BCUT2D eigenvalue weighted by Crippen LogP contribution is 2.23. The van der Waals surface area contributed by atoms with Gasteiger partial charge in [-0.25, -0.2) is 8.42 Å². The number of fused-ring (bicyclic) bond motifs is 1. The fraction of sp³-hybridized carbons (Fsp3) is 0.148. The Balaban J connectivity index is 0.00000400. The highest BCUT2D eigenvalue weighted by Gasteiger charge is 2.27. The predicted molar refractivity (Wildman–Crippen MR) is 152 cm³/mol. The van der Waals surface area contributed by atoms with Crippen LogP contribution in [0.1, 0.15) is 33.3 Å². The number of aromatic nitrogens is 1. The van der Waals surface area contributed by atoms with Gasteiger partial charge < -0.3 is 11.1 Å². The zero-order chi connectivity index (χ0) is 26.6. The summed E-state index contributed by atoms with van der Waals surface area (Å²) < 4.78 is 28.1. The van der Waals surface area contributed by atoms with Crippen molar-refractivity contribution in [1.82, 2.24) is 9.88 Å². The number of rotatable bonds is 9. The minimum absolute atomic E-state index is 0. The lowest BCUT2D eigenvalue weighted by atomic mass is 10.1. The van der Waals surface area contributed by atoms with Gasteiger partial charge in [-0.15, -0.1) is 12.4 Å². The topological polar surface area (TPSA) is 138 Å². The van der Waals surface area contributed by atoms with Crippen LogP contribution in [0.5, 0.6) is 0 Å². The second-order valence-electron chi connectivity index (χ2n) is 8.35. The van der Waals surface area contributed by atoms with Crippen molar-refractivity contribution in [1.29, 1.82) is 5.41 Å². The molecule has 11 heteroatoms. The lowest BCUT2D eigenvalue weighted by Gasteiger charge is -2.23. The Kier molecular flexibility index (Phi) is 8.92. The molecule has 0 fully saturated rings. The maximum atomic E-state index is 13.6. The number of amidine groups is 1. The Bertz CT molecular complexity index is 1570. The van der Waals surface area contributed by atoms with E-state index in [0.717, 1.165) is 9.87 Å². The third-order valence-corrected chi connectivity index (χ3v) is 7.68. The normalized spacial score (nSPS) is 11.0. The number of nitrogens with two attached hydrogens (primary N) is 1. The Morgan fingerprint density at radius 3 is 2.24 bits per heavy atom. The molecule has 0 aliphatic rings. The van der Waals surface area contributed by atoms with Crippen molar-refractivity contribution in [2.45, 2.75) is 13.5 Å². The number of nitrogens with one attached hydrogen (secondary N) is 2. The van der Waals surface area contributed by atoms with E-state index in [-0.39, 0.29) is 36.2 Å². The molecule has 0 saturated heterocycles. The molecule has 4 aromatic rings. The van der Waals surface area contributed by atoms with Crippen molar-refractivity contribution in [3.8, 4) is 0 Å². The van der Waals surface area contributed by atoms with Crippen LogP contribution in [0, 0.1) is 5.41 Å². The molecule has 9 nitrogen and oxygen atoms in total. The Hall–Kier alpha value is -4.15. The fourth-order valence-corrected chi connectivity index (χ4v) is 5.02. The van der Waals surface area contributed by atoms with Gasteiger partial charge in [-0.1, -0.05) is 60.7 Å². The van der Waals surface area contributed by atoms with Crippen molar-refractivity contribution in [2.24, 2.45) is 5.73 Å². The molecule has 0 aliphatic carbocycles. The highest BCUT2D eigenvalue weighted by molar-refractivity contribution is 7.92. The number of carbonyl (C=O) groups is 2. The summed E-state index contributed by atoms with van der Waals surface area (Å²) in [6.45, 7) is 1.24. The smallest absolute Gasteiger partial charge is 0.268 e. The molecule has 1 amide bonds. The van der Waals surface area contributed by atoms with E-state index in [4.69, 9.17) is 11.1 Å². The van der Waals surface area contributed by atoms with Crippen LogP contribution in [0.4, 0.5) is 5.69 Å². The first-order chi connectivity index (χ1) is 17.7. The average molecular weight is 554 g/mol. The van der Waals surface area contributed by atoms with Crippen LogP contribution in [-0.2, 0) is 16.6 Å². The van der Waals surface area contributed by atoms with E-state index in [1.165, 1.54) is 11.5 Å². The number of anilines is 1. The molecule has 1 heterocycles. The van der Waals surface area contributed by atoms with E-state index < -0.39 is 28.4 Å². The third-order valence-electron chi connectivity index (χ3n) is 5.93. The molecular formula is C27H28ClN5O4S. The summed E-state index contributed by atoms with van der Waals surface area (Å²) >= 11 is 0. The molecule has 0 saturated carbocycles. The fourth-order valence-electron chi connectivity index (χ4n) is 3.96. The van der Waals surface area contributed by atoms with E-state index in [0.29, 0.717) is 22.2 Å². The van der Waals surface area contributed by atoms with Crippen molar-refractivity contribution < 1.29 is 18.0 Å². The molecule has 4 N–H and O–H groups in total. The molecule has 0 spiro atoms. The summed E-state index contributed by atoms with van der Waals surface area (Å²) in [5, 5.41) is 11.0. The number of nitrogen functional groups attached to an aromatic ring is 1. The van der Waals surface area contributed by atoms with Crippen LogP contribution in [0.3, 0.4) is 0 Å². The number of para-hydroxylation sites is 2. The van der Waals surface area contributed by atoms with Crippen LogP contribution in [0.25, 0.3) is 10.9 Å². The van der Waals surface area contributed by atoms with Crippen LogP contribution in [0.15, 0.2) is 84.9 Å². The number of carbonyl (C=O) groups excluding carboxylic acids is 2. The first-order valence-electron chi connectivity index (χ1n) is 11.6. The van der Waals surface area contributed by atoms with Gasteiger partial charge in [-0.05, 0) is 36.8 Å². The molecule has 0 bridgehead atoms. The zero-order valence-corrected chi connectivity index (χ0v) is 22.3. The van der Waals surface area contributed by atoms with Crippen molar-refractivity contribution in [2.75, 3.05) is 16.6 Å². The van der Waals surface area contributed by atoms with E-state index in [1.54, 1.807) is 84.9 Å². The SMILES string of the molecule is CCS(=O)(=O)N(CC(=O)n1c(C(=O)NCc2ccc(C(=N)N)cc2)cc2ccccc21)c1ccccc1.Cl. The van der Waals surface area contributed by atoms with Gasteiger partial charge in [0.2, 0.25) is 10.0 Å². The van der Waals surface area contributed by atoms with Crippen LogP contribution >= 0.6 is 12.4 Å². The molecule has 1 aromatic heterocycles. The Morgan fingerprint density at radius 2 is 1.61 bits per heavy atom. The number of halogens is 1. The van der Waals surface area contributed by atoms with Gasteiger partial charge >= 0.3 is 0 Å². The number of amides is 1.